The molecule has 1 aliphatic rings. The maximum Gasteiger partial charge on any atom is 0.267 e. The fourth-order valence-electron chi connectivity index (χ4n) is 3.75. The van der Waals surface area contributed by atoms with E-state index >= 15 is 0 Å². The molecule has 1 aromatic heterocycles. The highest BCUT2D eigenvalue weighted by molar-refractivity contribution is 7.98. The third-order valence-corrected chi connectivity index (χ3v) is 5.78. The molecule has 2 N–H and O–H groups in total. The van der Waals surface area contributed by atoms with Crippen LogP contribution in [0.5, 0.6) is 0 Å². The van der Waals surface area contributed by atoms with Gasteiger partial charge in [0.05, 0.1) is 0 Å². The molecule has 0 saturated heterocycles. The predicted molar refractivity (Wildman–Crippen MR) is 119 cm³/mol. The van der Waals surface area contributed by atoms with Crippen LogP contribution in [0, 0.1) is 0 Å². The number of nitrogens with zero attached hydrogens (tertiary/aromatic N) is 3. The number of rotatable bonds is 9. The second-order valence-electron chi connectivity index (χ2n) is 7.42. The van der Waals surface area contributed by atoms with Crippen LogP contribution in [0.1, 0.15) is 56.5 Å². The molecular weight excluding hydrogens is 398 g/mol. The quantitative estimate of drug-likeness (QED) is 0.364. The van der Waals surface area contributed by atoms with Crippen LogP contribution < -0.4 is 10.6 Å². The van der Waals surface area contributed by atoms with Crippen molar-refractivity contribution in [2.24, 2.45) is 0 Å². The normalized spacial score (nSPS) is 14.7. The lowest BCUT2D eigenvalue weighted by Gasteiger charge is -2.16. The zero-order valence-electron chi connectivity index (χ0n) is 17.6. The van der Waals surface area contributed by atoms with Crippen LogP contribution >= 0.6 is 11.8 Å². The van der Waals surface area contributed by atoms with E-state index in [-0.39, 0.29) is 17.5 Å². The smallest absolute Gasteiger partial charge is 0.267 e. The van der Waals surface area contributed by atoms with Crippen molar-refractivity contribution >= 4 is 29.7 Å². The standard InChI is InChI=1S/C22H29N5O2S/c1-16(28)24-19(15-17-9-4-3-5-10-17)21(29)23-14-8-13-20-25-26-22(30-2)27(20)18-11-6-7-12-18/h3-5,9-10,15,18H,6-8,11-14H2,1-2H3,(H,23,29)(H,24,28)/b19-15-. The topological polar surface area (TPSA) is 88.9 Å². The van der Waals surface area contributed by atoms with Gasteiger partial charge in [0, 0.05) is 25.9 Å². The monoisotopic (exact) mass is 427 g/mol. The molecule has 30 heavy (non-hydrogen) atoms. The van der Waals surface area contributed by atoms with Gasteiger partial charge in [-0.05, 0) is 37.2 Å². The summed E-state index contributed by atoms with van der Waals surface area (Å²) < 4.78 is 2.29. The lowest BCUT2D eigenvalue weighted by atomic mass is 10.2. The summed E-state index contributed by atoms with van der Waals surface area (Å²) in [5.41, 5.74) is 1.10. The van der Waals surface area contributed by atoms with E-state index in [2.05, 4.69) is 25.4 Å². The van der Waals surface area contributed by atoms with Crippen molar-refractivity contribution in [3.63, 3.8) is 0 Å². The highest BCUT2D eigenvalue weighted by Crippen LogP contribution is 2.33. The van der Waals surface area contributed by atoms with Gasteiger partial charge in [-0.3, -0.25) is 9.59 Å². The Kier molecular flexibility index (Phi) is 8.07. The van der Waals surface area contributed by atoms with Crippen LogP contribution in [0.15, 0.2) is 41.2 Å². The van der Waals surface area contributed by atoms with Gasteiger partial charge in [0.25, 0.3) is 5.91 Å². The molecule has 0 atom stereocenters. The highest BCUT2D eigenvalue weighted by atomic mass is 32.2. The third kappa shape index (κ3) is 5.95. The van der Waals surface area contributed by atoms with Gasteiger partial charge in [-0.25, -0.2) is 0 Å². The number of aromatic nitrogens is 3. The van der Waals surface area contributed by atoms with Crippen molar-refractivity contribution in [1.82, 2.24) is 25.4 Å². The summed E-state index contributed by atoms with van der Waals surface area (Å²) in [7, 11) is 0. The first-order chi connectivity index (χ1) is 14.6. The van der Waals surface area contributed by atoms with Gasteiger partial charge in [0.15, 0.2) is 5.16 Å². The van der Waals surface area contributed by atoms with Crippen LogP contribution in [0.4, 0.5) is 0 Å². The summed E-state index contributed by atoms with van der Waals surface area (Å²) >= 11 is 1.63. The number of carbonyl (C=O) groups excluding carboxylic acids is 2. The molecule has 160 valence electrons. The van der Waals surface area contributed by atoms with Gasteiger partial charge >= 0.3 is 0 Å². The van der Waals surface area contributed by atoms with Crippen LogP contribution in [0.2, 0.25) is 0 Å². The Hall–Kier alpha value is -2.61. The average molecular weight is 428 g/mol. The van der Waals surface area contributed by atoms with Crippen LogP contribution in [-0.4, -0.2) is 39.4 Å². The molecule has 0 unspecified atom stereocenters. The summed E-state index contributed by atoms with van der Waals surface area (Å²) in [6.45, 7) is 1.89. The summed E-state index contributed by atoms with van der Waals surface area (Å²) in [5, 5.41) is 15.2. The van der Waals surface area contributed by atoms with Crippen molar-refractivity contribution < 1.29 is 9.59 Å². The van der Waals surface area contributed by atoms with Crippen molar-refractivity contribution in [2.75, 3.05) is 12.8 Å². The van der Waals surface area contributed by atoms with Crippen molar-refractivity contribution in [3.8, 4) is 0 Å². The SMILES string of the molecule is CSc1nnc(CCCNC(=O)/C(=C/c2ccccc2)NC(C)=O)n1C1CCCC1. The summed E-state index contributed by atoms with van der Waals surface area (Å²) in [5.74, 6) is 0.417. The molecule has 1 aliphatic carbocycles. The van der Waals surface area contributed by atoms with E-state index in [0.29, 0.717) is 12.6 Å². The number of nitrogens with one attached hydrogen (secondary N) is 2. The van der Waals surface area contributed by atoms with Gasteiger partial charge in [-0.1, -0.05) is 54.9 Å². The van der Waals surface area contributed by atoms with E-state index < -0.39 is 0 Å². The molecule has 0 spiro atoms. The fraction of sp³-hybridized carbons (Fsp3) is 0.455. The first-order valence-corrected chi connectivity index (χ1v) is 11.6. The average Bonchev–Trinajstić information content (AvgIpc) is 3.40. The van der Waals surface area contributed by atoms with Gasteiger partial charge in [0.1, 0.15) is 11.5 Å². The first kappa shape index (κ1) is 22.1. The maximum atomic E-state index is 12.6. The van der Waals surface area contributed by atoms with Crippen LogP contribution in [-0.2, 0) is 16.0 Å². The highest BCUT2D eigenvalue weighted by Gasteiger charge is 2.23. The van der Waals surface area contributed by atoms with E-state index in [0.717, 1.165) is 29.4 Å². The maximum absolute atomic E-state index is 12.6. The number of thioether (sulfide) groups is 1. The van der Waals surface area contributed by atoms with Gasteiger partial charge in [0.2, 0.25) is 5.91 Å². The minimum absolute atomic E-state index is 0.243. The van der Waals surface area contributed by atoms with E-state index in [4.69, 9.17) is 0 Å². The lowest BCUT2D eigenvalue weighted by Crippen LogP contribution is -2.34. The molecule has 3 rings (SSSR count). The van der Waals surface area contributed by atoms with Crippen molar-refractivity contribution in [2.45, 2.75) is 56.6 Å². The van der Waals surface area contributed by atoms with Crippen molar-refractivity contribution in [1.29, 1.82) is 0 Å². The second-order valence-corrected chi connectivity index (χ2v) is 8.19. The van der Waals surface area contributed by atoms with E-state index in [1.54, 1.807) is 17.8 Å². The van der Waals surface area contributed by atoms with Crippen LogP contribution in [0.3, 0.4) is 0 Å². The Morgan fingerprint density at radius 2 is 1.93 bits per heavy atom. The second kappa shape index (κ2) is 11.0. The summed E-state index contributed by atoms with van der Waals surface area (Å²) in [4.78, 5) is 24.1. The molecule has 0 radical (unpaired) electrons. The Bertz CT molecular complexity index is 888. The van der Waals surface area contributed by atoms with Gasteiger partial charge in [-0.15, -0.1) is 10.2 Å². The van der Waals surface area contributed by atoms with E-state index in [1.807, 2.05) is 36.6 Å². The van der Waals surface area contributed by atoms with Crippen molar-refractivity contribution in [3.05, 3.63) is 47.4 Å². The molecule has 0 bridgehead atoms. The molecule has 1 fully saturated rings. The molecule has 1 saturated carbocycles. The van der Waals surface area contributed by atoms with Gasteiger partial charge < -0.3 is 15.2 Å². The molecule has 1 heterocycles. The molecule has 0 aliphatic heterocycles. The van der Waals surface area contributed by atoms with E-state index in [1.165, 1.54) is 32.6 Å². The molecule has 2 aromatic rings. The zero-order chi connectivity index (χ0) is 21.3. The Morgan fingerprint density at radius 3 is 2.60 bits per heavy atom. The number of hydrogen-bond donors (Lipinski definition) is 2. The fourth-order valence-corrected chi connectivity index (χ4v) is 4.33. The number of amides is 2. The number of carbonyl (C=O) groups is 2. The largest absolute Gasteiger partial charge is 0.351 e. The number of hydrogen-bond acceptors (Lipinski definition) is 5. The minimum atomic E-state index is -0.295. The number of benzene rings is 1. The summed E-state index contributed by atoms with van der Waals surface area (Å²) in [6.07, 6.45) is 10.1. The Balaban J connectivity index is 1.57. The molecule has 7 nitrogen and oxygen atoms in total. The number of aryl methyl sites for hydroxylation is 1. The van der Waals surface area contributed by atoms with Gasteiger partial charge in [-0.2, -0.15) is 0 Å². The lowest BCUT2D eigenvalue weighted by molar-refractivity contribution is -0.122. The third-order valence-electron chi connectivity index (χ3n) is 5.14. The Labute approximate surface area is 181 Å². The summed E-state index contributed by atoms with van der Waals surface area (Å²) in [6, 6.07) is 9.94. The molecule has 1 aromatic carbocycles. The van der Waals surface area contributed by atoms with Crippen LogP contribution in [0.25, 0.3) is 6.08 Å². The minimum Gasteiger partial charge on any atom is -0.351 e. The molecular formula is C22H29N5O2S. The predicted octanol–water partition coefficient (Wildman–Crippen LogP) is 3.34. The first-order valence-electron chi connectivity index (χ1n) is 10.4. The van der Waals surface area contributed by atoms with E-state index in [9.17, 15) is 9.59 Å². The zero-order valence-corrected chi connectivity index (χ0v) is 18.4. The Morgan fingerprint density at radius 1 is 1.20 bits per heavy atom. The molecule has 8 heteroatoms. The molecule has 2 amide bonds.